The Kier molecular flexibility index (Phi) is 3.65. The fourth-order valence-corrected chi connectivity index (χ4v) is 3.25. The third-order valence-electron chi connectivity index (χ3n) is 2.85. The van der Waals surface area contributed by atoms with Crippen LogP contribution in [-0.2, 0) is 9.73 Å². The highest BCUT2D eigenvalue weighted by molar-refractivity contribution is 7.95. The van der Waals surface area contributed by atoms with Gasteiger partial charge in [0.05, 0.1) is 36.7 Å². The Hall–Kier alpha value is -1.43. The quantitative estimate of drug-likeness (QED) is 0.842. The van der Waals surface area contributed by atoms with Crippen LogP contribution in [0.3, 0.4) is 0 Å². The molecule has 1 heterocycles. The highest BCUT2D eigenvalue weighted by atomic mass is 32.2. The van der Waals surface area contributed by atoms with Gasteiger partial charge >= 0.3 is 0 Å². The molecule has 100 valence electrons. The SMILES string of the molecule is COc1cc(N=S2(=O)CCC2)cc(OC)c1OC. The lowest BCUT2D eigenvalue weighted by atomic mass is 10.2. The molecule has 0 bridgehead atoms. The van der Waals surface area contributed by atoms with Gasteiger partial charge in [-0.05, 0) is 6.42 Å². The Morgan fingerprint density at radius 2 is 1.61 bits per heavy atom. The fourth-order valence-electron chi connectivity index (χ4n) is 1.79. The summed E-state index contributed by atoms with van der Waals surface area (Å²) in [6.07, 6.45) is 0.979. The number of nitrogens with zero attached hydrogens (tertiary/aromatic N) is 1. The summed E-state index contributed by atoms with van der Waals surface area (Å²) < 4.78 is 32.1. The van der Waals surface area contributed by atoms with Gasteiger partial charge in [0.15, 0.2) is 11.5 Å². The molecular formula is C12H17NO4S. The second-order valence-electron chi connectivity index (χ2n) is 4.01. The first kappa shape index (κ1) is 13.0. The number of hydrogen-bond acceptors (Lipinski definition) is 5. The molecule has 0 amide bonds. The lowest BCUT2D eigenvalue weighted by Gasteiger charge is -2.18. The molecule has 0 unspecified atom stereocenters. The second-order valence-corrected chi connectivity index (χ2v) is 6.55. The summed E-state index contributed by atoms with van der Waals surface area (Å²) in [7, 11) is 2.60. The topological polar surface area (TPSA) is 57.1 Å². The van der Waals surface area contributed by atoms with Crippen molar-refractivity contribution in [2.75, 3.05) is 32.8 Å². The van der Waals surface area contributed by atoms with E-state index >= 15 is 0 Å². The average molecular weight is 271 g/mol. The van der Waals surface area contributed by atoms with Gasteiger partial charge in [-0.25, -0.2) is 4.21 Å². The van der Waals surface area contributed by atoms with Crippen molar-refractivity contribution in [1.29, 1.82) is 0 Å². The van der Waals surface area contributed by atoms with Crippen molar-refractivity contribution in [3.8, 4) is 17.2 Å². The highest BCUT2D eigenvalue weighted by Crippen LogP contribution is 2.41. The van der Waals surface area contributed by atoms with E-state index in [1.807, 2.05) is 0 Å². The van der Waals surface area contributed by atoms with E-state index in [9.17, 15) is 4.21 Å². The van der Waals surface area contributed by atoms with Crippen molar-refractivity contribution in [2.24, 2.45) is 4.36 Å². The van der Waals surface area contributed by atoms with Gasteiger partial charge in [0.1, 0.15) is 0 Å². The first-order valence-electron chi connectivity index (χ1n) is 5.64. The van der Waals surface area contributed by atoms with Gasteiger partial charge in [0.25, 0.3) is 0 Å². The van der Waals surface area contributed by atoms with Gasteiger partial charge in [-0.15, -0.1) is 0 Å². The molecule has 0 spiro atoms. The van der Waals surface area contributed by atoms with E-state index in [1.165, 1.54) is 0 Å². The van der Waals surface area contributed by atoms with Gasteiger partial charge in [-0.3, -0.25) is 0 Å². The molecule has 0 N–H and O–H groups in total. The minimum Gasteiger partial charge on any atom is -0.493 e. The number of benzene rings is 1. The van der Waals surface area contributed by atoms with Crippen LogP contribution in [0.25, 0.3) is 0 Å². The molecule has 0 saturated carbocycles. The molecule has 0 aliphatic carbocycles. The molecular weight excluding hydrogens is 254 g/mol. The predicted octanol–water partition coefficient (Wildman–Crippen LogP) is 2.22. The van der Waals surface area contributed by atoms with Gasteiger partial charge < -0.3 is 14.2 Å². The Morgan fingerprint density at radius 3 is 1.94 bits per heavy atom. The van der Waals surface area contributed by atoms with Crippen LogP contribution in [-0.4, -0.2) is 37.0 Å². The first-order chi connectivity index (χ1) is 8.61. The van der Waals surface area contributed by atoms with Crippen LogP contribution in [0.4, 0.5) is 5.69 Å². The van der Waals surface area contributed by atoms with Gasteiger partial charge in [0.2, 0.25) is 5.75 Å². The summed E-state index contributed by atoms with van der Waals surface area (Å²) in [5.41, 5.74) is 0.606. The van der Waals surface area contributed by atoms with E-state index in [1.54, 1.807) is 33.5 Å². The largest absolute Gasteiger partial charge is 0.493 e. The molecule has 1 fully saturated rings. The van der Waals surface area contributed by atoms with Crippen molar-refractivity contribution in [3.05, 3.63) is 12.1 Å². The van der Waals surface area contributed by atoms with Crippen LogP contribution in [0.5, 0.6) is 17.2 Å². The van der Waals surface area contributed by atoms with Crippen molar-refractivity contribution in [2.45, 2.75) is 6.42 Å². The van der Waals surface area contributed by atoms with Gasteiger partial charge in [-0.2, -0.15) is 4.36 Å². The zero-order chi connectivity index (χ0) is 13.2. The smallest absolute Gasteiger partial charge is 0.203 e. The molecule has 2 rings (SSSR count). The Morgan fingerprint density at radius 1 is 1.06 bits per heavy atom. The Balaban J connectivity index is 2.50. The zero-order valence-corrected chi connectivity index (χ0v) is 11.6. The average Bonchev–Trinajstić information content (AvgIpc) is 2.35. The van der Waals surface area contributed by atoms with E-state index in [0.29, 0.717) is 34.4 Å². The lowest BCUT2D eigenvalue weighted by Crippen LogP contribution is -2.22. The second kappa shape index (κ2) is 5.06. The molecule has 1 aromatic carbocycles. The highest BCUT2D eigenvalue weighted by Gasteiger charge is 2.20. The minimum atomic E-state index is -2.04. The molecule has 0 radical (unpaired) electrons. The lowest BCUT2D eigenvalue weighted by molar-refractivity contribution is 0.324. The molecule has 1 aliphatic rings. The third kappa shape index (κ3) is 2.38. The van der Waals surface area contributed by atoms with E-state index in [0.717, 1.165) is 6.42 Å². The number of ether oxygens (including phenoxy) is 3. The molecule has 0 atom stereocenters. The fraction of sp³-hybridized carbons (Fsp3) is 0.500. The van der Waals surface area contributed by atoms with E-state index in [2.05, 4.69) is 4.36 Å². The van der Waals surface area contributed by atoms with E-state index < -0.39 is 9.73 Å². The molecule has 1 aliphatic heterocycles. The Bertz CT molecular complexity index is 526. The summed E-state index contributed by atoms with van der Waals surface area (Å²) >= 11 is 0. The van der Waals surface area contributed by atoms with E-state index in [4.69, 9.17) is 14.2 Å². The van der Waals surface area contributed by atoms with E-state index in [-0.39, 0.29) is 0 Å². The summed E-state index contributed by atoms with van der Waals surface area (Å²) in [4.78, 5) is 0. The molecule has 1 saturated heterocycles. The molecule has 1 aromatic rings. The normalized spacial score (nSPS) is 16.6. The van der Waals surface area contributed by atoms with Crippen LogP contribution >= 0.6 is 0 Å². The molecule has 0 aromatic heterocycles. The summed E-state index contributed by atoms with van der Waals surface area (Å²) in [5, 5.41) is 0. The van der Waals surface area contributed by atoms with Crippen molar-refractivity contribution < 1.29 is 18.4 Å². The van der Waals surface area contributed by atoms with Crippen molar-refractivity contribution in [3.63, 3.8) is 0 Å². The predicted molar refractivity (Wildman–Crippen MR) is 70.7 cm³/mol. The van der Waals surface area contributed by atoms with Crippen LogP contribution in [0.1, 0.15) is 6.42 Å². The number of methoxy groups -OCH3 is 3. The zero-order valence-electron chi connectivity index (χ0n) is 10.8. The van der Waals surface area contributed by atoms with Crippen LogP contribution in [0.15, 0.2) is 16.5 Å². The van der Waals surface area contributed by atoms with Crippen LogP contribution in [0.2, 0.25) is 0 Å². The maximum Gasteiger partial charge on any atom is 0.203 e. The van der Waals surface area contributed by atoms with Crippen LogP contribution < -0.4 is 14.2 Å². The number of hydrogen-bond donors (Lipinski definition) is 0. The molecule has 5 nitrogen and oxygen atoms in total. The van der Waals surface area contributed by atoms with Gasteiger partial charge in [-0.1, -0.05) is 0 Å². The van der Waals surface area contributed by atoms with Crippen molar-refractivity contribution in [1.82, 2.24) is 0 Å². The monoisotopic (exact) mass is 271 g/mol. The third-order valence-corrected chi connectivity index (χ3v) is 5.24. The molecule has 18 heavy (non-hydrogen) atoms. The molecule has 6 heteroatoms. The van der Waals surface area contributed by atoms with Gasteiger partial charge in [0, 0.05) is 23.6 Å². The summed E-state index contributed by atoms with van der Waals surface area (Å²) in [5.74, 6) is 2.91. The summed E-state index contributed by atoms with van der Waals surface area (Å²) in [6, 6.07) is 3.43. The minimum absolute atomic E-state index is 0.516. The van der Waals surface area contributed by atoms with Crippen molar-refractivity contribution >= 4 is 15.4 Å². The maximum atomic E-state index is 12.1. The first-order valence-corrected chi connectivity index (χ1v) is 7.50. The summed E-state index contributed by atoms with van der Waals surface area (Å²) in [6.45, 7) is 0. The standard InChI is InChI=1S/C12H17NO4S/c1-15-10-7-9(13-18(14)5-4-6-18)8-11(16-2)12(10)17-3/h7-8H,4-6H2,1-3H3. The number of rotatable bonds is 4. The van der Waals surface area contributed by atoms with Crippen LogP contribution in [0, 0.1) is 0 Å². The Labute approximate surface area is 107 Å². The maximum absolute atomic E-state index is 12.1.